The number of nitrogens with zero attached hydrogens (tertiary/aromatic N) is 1. The molecule has 5 saturated carbocycles. The van der Waals surface area contributed by atoms with Crippen molar-refractivity contribution in [2.45, 2.75) is 198 Å². The van der Waals surface area contributed by atoms with Crippen molar-refractivity contribution in [1.29, 1.82) is 0 Å². The highest BCUT2D eigenvalue weighted by atomic mass is 16.7. The first-order chi connectivity index (χ1) is 27.2. The summed E-state index contributed by atoms with van der Waals surface area (Å²) in [5.41, 5.74) is 0.278. The third kappa shape index (κ3) is 7.82. The summed E-state index contributed by atoms with van der Waals surface area (Å²) in [5.74, 6) is 2.04. The lowest BCUT2D eigenvalue weighted by Gasteiger charge is -2.64. The van der Waals surface area contributed by atoms with E-state index in [1.54, 1.807) is 6.08 Å². The normalized spacial score (nSPS) is 52.0. The molecular weight excluding hydrogens is 730 g/mol. The molecule has 4 aliphatic heterocycles. The molecule has 57 heavy (non-hydrogen) atoms. The zero-order chi connectivity index (χ0) is 39.9. The Kier molecular flexibility index (Phi) is 11.5. The summed E-state index contributed by atoms with van der Waals surface area (Å²) in [5, 5.41) is 35.2. The number of carbonyl (C=O) groups is 1. The highest BCUT2D eigenvalue weighted by Crippen LogP contribution is 2.70. The number of cyclic esters (lactones) is 1. The largest absolute Gasteiger partial charge is 0.458 e. The summed E-state index contributed by atoms with van der Waals surface area (Å²) in [7, 11) is 0. The van der Waals surface area contributed by atoms with Gasteiger partial charge in [-0.3, -0.25) is 0 Å². The maximum Gasteiger partial charge on any atom is 0.331 e. The molecule has 12 heteroatoms. The van der Waals surface area contributed by atoms with Gasteiger partial charge in [0.25, 0.3) is 0 Å². The Morgan fingerprint density at radius 3 is 2.14 bits per heavy atom. The van der Waals surface area contributed by atoms with Crippen LogP contribution in [0.4, 0.5) is 0 Å². The Balaban J connectivity index is 0.749. The molecule has 3 saturated heterocycles. The molecule has 322 valence electrons. The highest BCUT2D eigenvalue weighted by molar-refractivity contribution is 5.85. The minimum absolute atomic E-state index is 0.0532. The lowest BCUT2D eigenvalue weighted by Crippen LogP contribution is -2.62. The average molecular weight is 802 g/mol. The molecule has 0 radical (unpaired) electrons. The fraction of sp³-hybridized carbons (Fsp3) is 0.933. The van der Waals surface area contributed by atoms with E-state index in [-0.39, 0.29) is 47.3 Å². The predicted molar refractivity (Wildman–Crippen MR) is 208 cm³/mol. The Morgan fingerprint density at radius 1 is 0.772 bits per heavy atom. The van der Waals surface area contributed by atoms with Crippen LogP contribution < -0.4 is 0 Å². The summed E-state index contributed by atoms with van der Waals surface area (Å²) >= 11 is 0. The minimum atomic E-state index is -0.801. The van der Waals surface area contributed by atoms with Crippen molar-refractivity contribution < 1.29 is 53.3 Å². The second-order valence-electron chi connectivity index (χ2n) is 20.5. The number of aliphatic hydroxyl groups is 3. The fourth-order valence-corrected chi connectivity index (χ4v) is 13.7. The number of hydrogen-bond acceptors (Lipinski definition) is 12. The second kappa shape index (κ2) is 15.9. The molecule has 0 aromatic carbocycles. The standard InChI is InChI=1S/C45H71NO11/c1-25-22-46(23-28-6-7-28)17-13-38(52-25)56-41-26(2)54-40(21-36(41)48)57-42-27(3)53-39(20-35(42)47)55-31-10-14-43(4)30(19-31)8-9-34-33(43)11-15-44(5)32(12-16-45(34,44)50)29-18-37(49)51-24-29/h18,25-28,30-36,38-42,47-48,50H,6-17,19-24H2,1-5H3/t25?,26-,27-,30?,31-,32+,33?,34?,35-,36-,38?,39-,40-,41+,42+,43-,44+,45-/m0/s1. The fourth-order valence-electron chi connectivity index (χ4n) is 13.7. The molecule has 8 fully saturated rings. The van der Waals surface area contributed by atoms with E-state index in [2.05, 4.69) is 25.7 Å². The quantitative estimate of drug-likeness (QED) is 0.207. The molecule has 0 spiro atoms. The Hall–Kier alpha value is -1.19. The van der Waals surface area contributed by atoms with Crippen LogP contribution >= 0.6 is 0 Å². The van der Waals surface area contributed by atoms with E-state index < -0.39 is 61.1 Å². The van der Waals surface area contributed by atoms with Crippen LogP contribution in [-0.2, 0) is 38.0 Å². The van der Waals surface area contributed by atoms with Crippen molar-refractivity contribution in [1.82, 2.24) is 4.90 Å². The van der Waals surface area contributed by atoms with Crippen LogP contribution in [0.25, 0.3) is 0 Å². The maximum atomic E-state index is 12.6. The van der Waals surface area contributed by atoms with E-state index in [4.69, 9.17) is 33.2 Å². The van der Waals surface area contributed by atoms with Gasteiger partial charge in [0.2, 0.25) is 0 Å². The van der Waals surface area contributed by atoms with Gasteiger partial charge < -0.3 is 53.4 Å². The number of esters is 1. The molecule has 5 aliphatic carbocycles. The Labute approximate surface area is 339 Å². The summed E-state index contributed by atoms with van der Waals surface area (Å²) in [6, 6.07) is 0. The Morgan fingerprint density at radius 2 is 1.47 bits per heavy atom. The van der Waals surface area contributed by atoms with Gasteiger partial charge in [0.05, 0.1) is 42.2 Å². The molecule has 0 aromatic heterocycles. The van der Waals surface area contributed by atoms with Gasteiger partial charge in [-0.1, -0.05) is 13.8 Å². The number of fused-ring (bicyclic) bond motifs is 5. The van der Waals surface area contributed by atoms with E-state index in [1.807, 2.05) is 13.8 Å². The highest BCUT2D eigenvalue weighted by Gasteiger charge is 2.68. The van der Waals surface area contributed by atoms with Gasteiger partial charge in [0.15, 0.2) is 18.9 Å². The van der Waals surface area contributed by atoms with Gasteiger partial charge in [0, 0.05) is 50.4 Å². The first-order valence-electron chi connectivity index (χ1n) is 22.8. The smallest absolute Gasteiger partial charge is 0.331 e. The van der Waals surface area contributed by atoms with Gasteiger partial charge in [-0.05, 0) is 132 Å². The van der Waals surface area contributed by atoms with Crippen LogP contribution in [0.5, 0.6) is 0 Å². The molecule has 4 heterocycles. The van der Waals surface area contributed by atoms with Crippen molar-refractivity contribution >= 4 is 5.97 Å². The van der Waals surface area contributed by atoms with E-state index in [0.29, 0.717) is 24.9 Å². The number of ether oxygens (including phenoxy) is 7. The molecule has 18 atom stereocenters. The van der Waals surface area contributed by atoms with Crippen LogP contribution in [0.3, 0.4) is 0 Å². The maximum absolute atomic E-state index is 12.6. The van der Waals surface area contributed by atoms with Crippen molar-refractivity contribution in [3.05, 3.63) is 11.6 Å². The number of hydrogen-bond donors (Lipinski definition) is 3. The van der Waals surface area contributed by atoms with E-state index >= 15 is 0 Å². The molecular formula is C45H71NO11. The summed E-state index contributed by atoms with van der Waals surface area (Å²) < 4.78 is 43.5. The summed E-state index contributed by atoms with van der Waals surface area (Å²) in [4.78, 5) is 14.4. The minimum Gasteiger partial charge on any atom is -0.458 e. The summed E-state index contributed by atoms with van der Waals surface area (Å²) in [6.07, 6.45) is 9.41. The molecule has 0 amide bonds. The molecule has 5 unspecified atom stereocenters. The van der Waals surface area contributed by atoms with E-state index in [1.165, 1.54) is 12.8 Å². The summed E-state index contributed by atoms with van der Waals surface area (Å²) in [6.45, 7) is 14.0. The van der Waals surface area contributed by atoms with Gasteiger partial charge in [-0.25, -0.2) is 4.79 Å². The molecule has 9 rings (SSSR count). The van der Waals surface area contributed by atoms with E-state index in [0.717, 1.165) is 95.3 Å². The van der Waals surface area contributed by atoms with Crippen LogP contribution in [0.1, 0.15) is 125 Å². The first-order valence-corrected chi connectivity index (χ1v) is 22.8. The SMILES string of the molecule is CC1CN(CC2CC2)CCC(O[C@@H]2[C@H](C)O[C@@H](O[C@@H]3[C@H](C)O[C@@H](O[C@H]4CC[C@@]5(C)C(CCC6C5CC[C@]5(C)[C@@H](C7=CC(=O)OC7)CC[C@]65O)C4)C[C@@H]3O)C[C@@H]2O)O1. The molecule has 0 bridgehead atoms. The molecule has 9 aliphatic rings. The second-order valence-corrected chi connectivity index (χ2v) is 20.5. The Bertz CT molecular complexity index is 1470. The third-order valence-electron chi connectivity index (χ3n) is 17.0. The third-order valence-corrected chi connectivity index (χ3v) is 17.0. The van der Waals surface area contributed by atoms with Gasteiger partial charge in [-0.2, -0.15) is 0 Å². The van der Waals surface area contributed by atoms with Crippen LogP contribution in [-0.4, -0.2) is 126 Å². The van der Waals surface area contributed by atoms with Crippen LogP contribution in [0, 0.1) is 40.4 Å². The van der Waals surface area contributed by atoms with Crippen LogP contribution in [0.15, 0.2) is 11.6 Å². The van der Waals surface area contributed by atoms with Gasteiger partial charge in [0.1, 0.15) is 18.8 Å². The van der Waals surface area contributed by atoms with Crippen molar-refractivity contribution in [2.24, 2.45) is 40.4 Å². The lowest BCUT2D eigenvalue weighted by atomic mass is 9.43. The zero-order valence-electron chi connectivity index (χ0n) is 35.1. The van der Waals surface area contributed by atoms with Crippen molar-refractivity contribution in [3.8, 4) is 0 Å². The van der Waals surface area contributed by atoms with Gasteiger partial charge >= 0.3 is 5.97 Å². The molecule has 3 N–H and O–H groups in total. The van der Waals surface area contributed by atoms with Crippen molar-refractivity contribution in [3.63, 3.8) is 0 Å². The molecule has 0 aromatic rings. The van der Waals surface area contributed by atoms with E-state index in [9.17, 15) is 20.1 Å². The topological polar surface area (TPSA) is 146 Å². The average Bonchev–Trinajstić information content (AvgIpc) is 3.84. The van der Waals surface area contributed by atoms with Gasteiger partial charge in [-0.15, -0.1) is 0 Å². The first kappa shape index (κ1) is 41.2. The monoisotopic (exact) mass is 802 g/mol. The molecule has 12 nitrogen and oxygen atoms in total. The number of rotatable bonds is 9. The lowest BCUT2D eigenvalue weighted by molar-refractivity contribution is -0.329. The van der Waals surface area contributed by atoms with Crippen molar-refractivity contribution in [2.75, 3.05) is 26.2 Å². The number of aliphatic hydroxyl groups excluding tert-OH is 2. The zero-order valence-corrected chi connectivity index (χ0v) is 35.1. The predicted octanol–water partition coefficient (Wildman–Crippen LogP) is 5.24. The van der Waals surface area contributed by atoms with Crippen LogP contribution in [0.2, 0.25) is 0 Å². The number of carbonyl (C=O) groups excluding carboxylic acids is 1.